The molecular formula is C33H38N2O5. The monoisotopic (exact) mass is 542 g/mol. The van der Waals surface area contributed by atoms with Crippen LogP contribution < -0.4 is 11.2 Å². The minimum atomic E-state index is -1.04. The van der Waals surface area contributed by atoms with E-state index in [1.54, 1.807) is 0 Å². The third-order valence-corrected chi connectivity index (χ3v) is 6.91. The van der Waals surface area contributed by atoms with Crippen LogP contribution in [0.15, 0.2) is 101 Å². The van der Waals surface area contributed by atoms with Crippen molar-refractivity contribution >= 4 is 0 Å². The van der Waals surface area contributed by atoms with Gasteiger partial charge in [0.2, 0.25) is 0 Å². The van der Waals surface area contributed by atoms with Crippen LogP contribution in [0.2, 0.25) is 0 Å². The summed E-state index contributed by atoms with van der Waals surface area (Å²) >= 11 is 0. The van der Waals surface area contributed by atoms with Crippen molar-refractivity contribution in [3.63, 3.8) is 0 Å². The summed E-state index contributed by atoms with van der Waals surface area (Å²) in [5, 5.41) is 11.3. The molecule has 0 spiro atoms. The van der Waals surface area contributed by atoms with Gasteiger partial charge in [0, 0.05) is 23.6 Å². The molecule has 3 aromatic carbocycles. The number of aromatic nitrogens is 2. The van der Waals surface area contributed by atoms with Crippen LogP contribution in [0.1, 0.15) is 47.7 Å². The van der Waals surface area contributed by atoms with Gasteiger partial charge < -0.3 is 19.6 Å². The van der Waals surface area contributed by atoms with E-state index in [1.165, 1.54) is 0 Å². The Balaban J connectivity index is 1.51. The number of nitrogens with one attached hydrogen (secondary N) is 1. The zero-order valence-electron chi connectivity index (χ0n) is 23.2. The molecule has 4 rings (SSSR count). The molecule has 1 unspecified atom stereocenters. The van der Waals surface area contributed by atoms with Crippen molar-refractivity contribution in [3.8, 4) is 0 Å². The van der Waals surface area contributed by atoms with Crippen molar-refractivity contribution in [1.82, 2.24) is 9.55 Å². The predicted molar refractivity (Wildman–Crippen MR) is 156 cm³/mol. The molecule has 0 aliphatic heterocycles. The van der Waals surface area contributed by atoms with Crippen LogP contribution >= 0.6 is 0 Å². The van der Waals surface area contributed by atoms with Crippen molar-refractivity contribution < 1.29 is 14.6 Å². The van der Waals surface area contributed by atoms with Gasteiger partial charge in [-0.15, -0.1) is 0 Å². The second-order valence-corrected chi connectivity index (χ2v) is 10.4. The van der Waals surface area contributed by atoms with Gasteiger partial charge in [-0.3, -0.25) is 9.36 Å². The quantitative estimate of drug-likeness (QED) is 0.242. The summed E-state index contributed by atoms with van der Waals surface area (Å²) in [4.78, 5) is 29.6. The number of ether oxygens (including phenoxy) is 2. The molecule has 0 radical (unpaired) electrons. The average molecular weight is 543 g/mol. The van der Waals surface area contributed by atoms with E-state index in [0.29, 0.717) is 30.9 Å². The van der Waals surface area contributed by atoms with Gasteiger partial charge >= 0.3 is 5.69 Å². The van der Waals surface area contributed by atoms with E-state index >= 15 is 0 Å². The largest absolute Gasteiger partial charge is 0.391 e. The number of nitrogens with zero attached hydrogens (tertiary/aromatic N) is 1. The normalized spacial score (nSPS) is 12.2. The summed E-state index contributed by atoms with van der Waals surface area (Å²) in [5.74, 6) is -0.559. The first kappa shape index (κ1) is 29.2. The van der Waals surface area contributed by atoms with Gasteiger partial charge in [0.1, 0.15) is 0 Å². The standard InChI is InChI=1S/C33H38N2O5/c1-24(2)31-29(18-25-12-6-3-7-13-25)34-33(38)35(32(31)37)19-30(36)28(22-39-20-26-14-8-4-9-15-26)23-40-21-27-16-10-5-11-17-27/h3-17,24,28,30,36H,18-23H2,1-2H3,(H,34,38). The molecule has 40 heavy (non-hydrogen) atoms. The van der Waals surface area contributed by atoms with Gasteiger partial charge in [0.05, 0.1) is 39.1 Å². The summed E-state index contributed by atoms with van der Waals surface area (Å²) < 4.78 is 13.0. The fourth-order valence-electron chi connectivity index (χ4n) is 4.74. The number of aliphatic hydroxyl groups excluding tert-OH is 1. The van der Waals surface area contributed by atoms with E-state index in [0.717, 1.165) is 21.3 Å². The van der Waals surface area contributed by atoms with Gasteiger partial charge in [-0.2, -0.15) is 0 Å². The number of benzene rings is 3. The Morgan fingerprint density at radius 1 is 0.750 bits per heavy atom. The van der Waals surface area contributed by atoms with E-state index < -0.39 is 17.7 Å². The minimum Gasteiger partial charge on any atom is -0.391 e. The van der Waals surface area contributed by atoms with Crippen LogP contribution in [0.3, 0.4) is 0 Å². The molecule has 7 heteroatoms. The van der Waals surface area contributed by atoms with E-state index in [2.05, 4.69) is 4.98 Å². The Kier molecular flexibility index (Phi) is 10.6. The molecule has 0 bridgehead atoms. The zero-order valence-corrected chi connectivity index (χ0v) is 23.2. The second-order valence-electron chi connectivity index (χ2n) is 10.4. The summed E-state index contributed by atoms with van der Waals surface area (Å²) in [6.07, 6.45) is -0.587. The maximum absolute atomic E-state index is 13.6. The summed E-state index contributed by atoms with van der Waals surface area (Å²) in [6.45, 7) is 4.89. The molecule has 0 fully saturated rings. The van der Waals surface area contributed by atoms with Gasteiger partial charge in [0.25, 0.3) is 5.56 Å². The van der Waals surface area contributed by atoms with Gasteiger partial charge in [-0.05, 0) is 22.6 Å². The fraction of sp³-hybridized carbons (Fsp3) is 0.333. The van der Waals surface area contributed by atoms with Crippen LogP contribution in [0.25, 0.3) is 0 Å². The second kappa shape index (κ2) is 14.6. The van der Waals surface area contributed by atoms with Crippen LogP contribution in [-0.4, -0.2) is 34.0 Å². The summed E-state index contributed by atoms with van der Waals surface area (Å²) in [6, 6.07) is 29.3. The summed E-state index contributed by atoms with van der Waals surface area (Å²) in [7, 11) is 0. The third kappa shape index (κ3) is 8.11. The lowest BCUT2D eigenvalue weighted by atomic mass is 9.98. The topological polar surface area (TPSA) is 93.6 Å². The predicted octanol–water partition coefficient (Wildman–Crippen LogP) is 4.66. The Hall–Kier alpha value is -3.78. The Morgan fingerprint density at radius 2 is 1.23 bits per heavy atom. The van der Waals surface area contributed by atoms with Crippen LogP contribution in [0, 0.1) is 5.92 Å². The molecule has 0 saturated carbocycles. The summed E-state index contributed by atoms with van der Waals surface area (Å²) in [5.41, 5.74) is 3.28. The molecule has 1 aromatic heterocycles. The first-order chi connectivity index (χ1) is 19.4. The number of aliphatic hydroxyl groups is 1. The fourth-order valence-corrected chi connectivity index (χ4v) is 4.74. The Labute approximate surface area is 235 Å². The van der Waals surface area contributed by atoms with Crippen molar-refractivity contribution in [2.45, 2.75) is 52.0 Å². The van der Waals surface area contributed by atoms with E-state index in [4.69, 9.17) is 9.47 Å². The Bertz CT molecular complexity index is 1390. The van der Waals surface area contributed by atoms with Crippen molar-refractivity contribution in [3.05, 3.63) is 140 Å². The molecule has 2 N–H and O–H groups in total. The molecule has 7 nitrogen and oxygen atoms in total. The molecule has 210 valence electrons. The number of hydrogen-bond acceptors (Lipinski definition) is 5. The zero-order chi connectivity index (χ0) is 28.3. The highest BCUT2D eigenvalue weighted by Crippen LogP contribution is 2.17. The lowest BCUT2D eigenvalue weighted by Gasteiger charge is -2.24. The molecule has 1 heterocycles. The van der Waals surface area contributed by atoms with E-state index in [1.807, 2.05) is 105 Å². The number of rotatable bonds is 14. The SMILES string of the molecule is CC(C)c1c(Cc2ccccc2)[nH]c(=O)n(CC(O)C(COCc2ccccc2)COCc2ccccc2)c1=O. The van der Waals surface area contributed by atoms with Crippen LogP contribution in [-0.2, 0) is 35.7 Å². The third-order valence-electron chi connectivity index (χ3n) is 6.91. The molecule has 0 saturated heterocycles. The van der Waals surface area contributed by atoms with Gasteiger partial charge in [-0.1, -0.05) is 105 Å². The maximum Gasteiger partial charge on any atom is 0.328 e. The van der Waals surface area contributed by atoms with Crippen LogP contribution in [0.4, 0.5) is 0 Å². The molecular weight excluding hydrogens is 504 g/mol. The molecule has 0 amide bonds. The molecule has 4 aromatic rings. The van der Waals surface area contributed by atoms with Crippen LogP contribution in [0.5, 0.6) is 0 Å². The highest BCUT2D eigenvalue weighted by Gasteiger charge is 2.24. The van der Waals surface area contributed by atoms with Crippen molar-refractivity contribution in [2.24, 2.45) is 5.92 Å². The lowest BCUT2D eigenvalue weighted by Crippen LogP contribution is -2.44. The van der Waals surface area contributed by atoms with Gasteiger partial charge in [-0.25, -0.2) is 4.79 Å². The first-order valence-electron chi connectivity index (χ1n) is 13.7. The van der Waals surface area contributed by atoms with Crippen molar-refractivity contribution in [2.75, 3.05) is 13.2 Å². The lowest BCUT2D eigenvalue weighted by molar-refractivity contribution is -0.0346. The van der Waals surface area contributed by atoms with E-state index in [9.17, 15) is 14.7 Å². The highest BCUT2D eigenvalue weighted by atomic mass is 16.5. The number of hydrogen-bond donors (Lipinski definition) is 2. The van der Waals surface area contributed by atoms with Gasteiger partial charge in [0.15, 0.2) is 0 Å². The molecule has 0 aliphatic rings. The smallest absolute Gasteiger partial charge is 0.328 e. The average Bonchev–Trinajstić information content (AvgIpc) is 2.95. The minimum absolute atomic E-state index is 0.106. The highest BCUT2D eigenvalue weighted by molar-refractivity contribution is 5.28. The molecule has 0 aliphatic carbocycles. The number of H-pyrrole nitrogens is 1. The molecule has 1 atom stereocenters. The Morgan fingerprint density at radius 3 is 1.70 bits per heavy atom. The first-order valence-corrected chi connectivity index (χ1v) is 13.7. The van der Waals surface area contributed by atoms with E-state index in [-0.39, 0.29) is 31.2 Å². The van der Waals surface area contributed by atoms with Crippen molar-refractivity contribution in [1.29, 1.82) is 0 Å². The number of aromatic amines is 1. The maximum atomic E-state index is 13.6.